The van der Waals surface area contributed by atoms with Gasteiger partial charge >= 0.3 is 0 Å². The summed E-state index contributed by atoms with van der Waals surface area (Å²) in [6.45, 7) is 4.04. The van der Waals surface area contributed by atoms with E-state index in [0.717, 1.165) is 11.3 Å². The zero-order chi connectivity index (χ0) is 21.6. The lowest BCUT2D eigenvalue weighted by molar-refractivity contribution is 0.0950. The molecule has 0 aromatic heterocycles. The Kier molecular flexibility index (Phi) is 6.87. The van der Waals surface area contributed by atoms with Gasteiger partial charge in [-0.3, -0.25) is 4.79 Å². The van der Waals surface area contributed by atoms with Crippen molar-refractivity contribution < 1.29 is 17.9 Å². The second-order valence-electron chi connectivity index (χ2n) is 6.72. The summed E-state index contributed by atoms with van der Waals surface area (Å²) in [5.74, 6) is 1.06. The minimum atomic E-state index is -3.63. The minimum absolute atomic E-state index is 0.0679. The molecule has 0 aliphatic carbocycles. The van der Waals surface area contributed by atoms with Crippen molar-refractivity contribution in [2.45, 2.75) is 25.3 Å². The average Bonchev–Trinajstić information content (AvgIpc) is 2.73. The van der Waals surface area contributed by atoms with E-state index < -0.39 is 10.0 Å². The molecule has 0 heterocycles. The molecule has 0 radical (unpaired) electrons. The number of benzene rings is 3. The highest BCUT2D eigenvalue weighted by Gasteiger charge is 2.17. The van der Waals surface area contributed by atoms with Crippen LogP contribution < -0.4 is 14.8 Å². The number of sulfonamides is 1. The van der Waals surface area contributed by atoms with Crippen LogP contribution in [0.2, 0.25) is 0 Å². The van der Waals surface area contributed by atoms with Crippen LogP contribution in [0.1, 0.15) is 28.4 Å². The number of rotatable bonds is 8. The van der Waals surface area contributed by atoms with E-state index in [1.165, 1.54) is 12.1 Å². The standard InChI is InChI=1S/C23H24N2O4S/c1-3-25-30(27,28)21-13-12-17(2)22(15-21)23(26)24-16-18-8-7-11-20(14-18)29-19-9-5-4-6-10-19/h4-15,25H,3,16H2,1-2H3,(H,24,26). The van der Waals surface area contributed by atoms with Gasteiger partial charge in [-0.25, -0.2) is 13.1 Å². The maximum absolute atomic E-state index is 12.7. The fourth-order valence-electron chi connectivity index (χ4n) is 2.91. The van der Waals surface area contributed by atoms with E-state index >= 15 is 0 Å². The Bertz CT molecular complexity index is 1130. The monoisotopic (exact) mass is 424 g/mol. The molecule has 3 rings (SSSR count). The fraction of sp³-hybridized carbons (Fsp3) is 0.174. The van der Waals surface area contributed by atoms with Crippen molar-refractivity contribution in [3.63, 3.8) is 0 Å². The summed E-state index contributed by atoms with van der Waals surface area (Å²) >= 11 is 0. The molecule has 0 aliphatic rings. The van der Waals surface area contributed by atoms with Crippen LogP contribution in [0.15, 0.2) is 77.7 Å². The third-order valence-electron chi connectivity index (χ3n) is 4.43. The Morgan fingerprint density at radius 3 is 2.40 bits per heavy atom. The SMILES string of the molecule is CCNS(=O)(=O)c1ccc(C)c(C(=O)NCc2cccc(Oc3ccccc3)c2)c1. The number of carbonyl (C=O) groups excluding carboxylic acids is 1. The van der Waals surface area contributed by atoms with Gasteiger partial charge < -0.3 is 10.1 Å². The maximum atomic E-state index is 12.7. The van der Waals surface area contributed by atoms with Crippen molar-refractivity contribution in [2.24, 2.45) is 0 Å². The van der Waals surface area contributed by atoms with Crippen LogP contribution in [0.5, 0.6) is 11.5 Å². The van der Waals surface area contributed by atoms with Gasteiger partial charge in [-0.1, -0.05) is 43.3 Å². The molecule has 6 nitrogen and oxygen atoms in total. The van der Waals surface area contributed by atoms with E-state index in [4.69, 9.17) is 4.74 Å². The number of aryl methyl sites for hydroxylation is 1. The lowest BCUT2D eigenvalue weighted by atomic mass is 10.1. The van der Waals surface area contributed by atoms with Crippen LogP contribution >= 0.6 is 0 Å². The van der Waals surface area contributed by atoms with E-state index in [1.54, 1.807) is 19.9 Å². The zero-order valence-electron chi connectivity index (χ0n) is 16.9. The Hall–Kier alpha value is -3.16. The number of para-hydroxylation sites is 1. The van der Waals surface area contributed by atoms with Gasteiger partial charge in [0, 0.05) is 18.7 Å². The summed E-state index contributed by atoms with van der Waals surface area (Å²) in [6, 6.07) is 21.4. The summed E-state index contributed by atoms with van der Waals surface area (Å²) in [6.07, 6.45) is 0. The van der Waals surface area contributed by atoms with Gasteiger partial charge in [0.05, 0.1) is 4.90 Å². The molecule has 156 valence electrons. The zero-order valence-corrected chi connectivity index (χ0v) is 17.7. The van der Waals surface area contributed by atoms with Gasteiger partial charge in [-0.15, -0.1) is 0 Å². The first-order chi connectivity index (χ1) is 14.4. The van der Waals surface area contributed by atoms with Crippen LogP contribution in [-0.2, 0) is 16.6 Å². The van der Waals surface area contributed by atoms with E-state index in [9.17, 15) is 13.2 Å². The third-order valence-corrected chi connectivity index (χ3v) is 5.97. The Morgan fingerprint density at radius 1 is 0.933 bits per heavy atom. The number of nitrogens with one attached hydrogen (secondary N) is 2. The minimum Gasteiger partial charge on any atom is -0.457 e. The summed E-state index contributed by atoms with van der Waals surface area (Å²) in [5, 5.41) is 2.85. The van der Waals surface area contributed by atoms with Crippen LogP contribution in [-0.4, -0.2) is 20.9 Å². The van der Waals surface area contributed by atoms with Gasteiger partial charge in [0.15, 0.2) is 0 Å². The molecule has 0 bridgehead atoms. The van der Waals surface area contributed by atoms with Crippen LogP contribution in [0, 0.1) is 6.92 Å². The van der Waals surface area contributed by atoms with Crippen LogP contribution in [0.4, 0.5) is 0 Å². The van der Waals surface area contributed by atoms with Crippen molar-refractivity contribution in [3.05, 3.63) is 89.5 Å². The second-order valence-corrected chi connectivity index (χ2v) is 8.49. The molecule has 1 amide bonds. The van der Waals surface area contributed by atoms with E-state index in [0.29, 0.717) is 16.9 Å². The quantitative estimate of drug-likeness (QED) is 0.572. The topological polar surface area (TPSA) is 84.5 Å². The molecule has 7 heteroatoms. The summed E-state index contributed by atoms with van der Waals surface area (Å²) < 4.78 is 32.7. The van der Waals surface area contributed by atoms with Gasteiger partial charge in [-0.05, 0) is 54.4 Å². The maximum Gasteiger partial charge on any atom is 0.251 e. The lowest BCUT2D eigenvalue weighted by Crippen LogP contribution is -2.26. The number of hydrogen-bond acceptors (Lipinski definition) is 4. The van der Waals surface area contributed by atoms with Crippen molar-refractivity contribution in [3.8, 4) is 11.5 Å². The van der Waals surface area contributed by atoms with Crippen molar-refractivity contribution in [1.82, 2.24) is 10.0 Å². The molecule has 0 spiro atoms. The molecule has 0 saturated heterocycles. The largest absolute Gasteiger partial charge is 0.457 e. The Balaban J connectivity index is 1.71. The molecule has 0 aliphatic heterocycles. The molecular formula is C23H24N2O4S. The first-order valence-corrected chi connectivity index (χ1v) is 11.1. The van der Waals surface area contributed by atoms with Crippen LogP contribution in [0.25, 0.3) is 0 Å². The van der Waals surface area contributed by atoms with Gasteiger partial charge in [-0.2, -0.15) is 0 Å². The van der Waals surface area contributed by atoms with Crippen molar-refractivity contribution in [2.75, 3.05) is 6.54 Å². The highest BCUT2D eigenvalue weighted by Crippen LogP contribution is 2.22. The fourth-order valence-corrected chi connectivity index (χ4v) is 3.97. The molecule has 30 heavy (non-hydrogen) atoms. The normalized spacial score (nSPS) is 11.1. The van der Waals surface area contributed by atoms with Crippen molar-refractivity contribution in [1.29, 1.82) is 0 Å². The molecule has 0 unspecified atom stereocenters. The molecular weight excluding hydrogens is 400 g/mol. The number of hydrogen-bond donors (Lipinski definition) is 2. The molecule has 0 saturated carbocycles. The van der Waals surface area contributed by atoms with Gasteiger partial charge in [0.2, 0.25) is 10.0 Å². The Morgan fingerprint density at radius 2 is 1.67 bits per heavy atom. The number of carbonyl (C=O) groups is 1. The predicted molar refractivity (Wildman–Crippen MR) is 116 cm³/mol. The summed E-state index contributed by atoms with van der Waals surface area (Å²) in [4.78, 5) is 12.8. The third kappa shape index (κ3) is 5.46. The smallest absolute Gasteiger partial charge is 0.251 e. The molecule has 0 fully saturated rings. The average molecular weight is 425 g/mol. The summed E-state index contributed by atoms with van der Waals surface area (Å²) in [7, 11) is -3.63. The van der Waals surface area contributed by atoms with Crippen molar-refractivity contribution >= 4 is 15.9 Å². The molecule has 3 aromatic carbocycles. The van der Waals surface area contributed by atoms with E-state index in [2.05, 4.69) is 10.0 Å². The van der Waals surface area contributed by atoms with Crippen LogP contribution in [0.3, 0.4) is 0 Å². The second kappa shape index (κ2) is 9.56. The molecule has 3 aromatic rings. The first-order valence-electron chi connectivity index (χ1n) is 9.59. The molecule has 0 atom stereocenters. The number of amides is 1. The highest BCUT2D eigenvalue weighted by atomic mass is 32.2. The lowest BCUT2D eigenvalue weighted by Gasteiger charge is -2.11. The van der Waals surface area contributed by atoms with Gasteiger partial charge in [0.25, 0.3) is 5.91 Å². The highest BCUT2D eigenvalue weighted by molar-refractivity contribution is 7.89. The van der Waals surface area contributed by atoms with Gasteiger partial charge in [0.1, 0.15) is 11.5 Å². The summed E-state index contributed by atoms with van der Waals surface area (Å²) in [5.41, 5.74) is 1.89. The predicted octanol–water partition coefficient (Wildman–Crippen LogP) is 4.02. The molecule has 2 N–H and O–H groups in total. The van der Waals surface area contributed by atoms with E-state index in [1.807, 2.05) is 54.6 Å². The first kappa shape index (κ1) is 21.5. The Labute approximate surface area is 177 Å². The van der Waals surface area contributed by atoms with E-state index in [-0.39, 0.29) is 23.9 Å². The number of ether oxygens (including phenoxy) is 1.